The summed E-state index contributed by atoms with van der Waals surface area (Å²) in [6.45, 7) is 0. The number of alkyl halides is 3. The van der Waals surface area contributed by atoms with Gasteiger partial charge in [0, 0.05) is 10.6 Å². The van der Waals surface area contributed by atoms with Crippen molar-refractivity contribution in [1.29, 1.82) is 0 Å². The first-order valence-electron chi connectivity index (χ1n) is 6.90. The van der Waals surface area contributed by atoms with Crippen LogP contribution in [0.1, 0.15) is 5.56 Å². The first kappa shape index (κ1) is 16.6. The van der Waals surface area contributed by atoms with Crippen LogP contribution in [-0.4, -0.2) is 17.8 Å². The van der Waals surface area contributed by atoms with E-state index in [9.17, 15) is 22.4 Å². The number of amides is 1. The molecule has 1 unspecified atom stereocenters. The van der Waals surface area contributed by atoms with Crippen LogP contribution in [0.2, 0.25) is 0 Å². The minimum Gasteiger partial charge on any atom is -0.479 e. The van der Waals surface area contributed by atoms with Crippen molar-refractivity contribution >= 4 is 23.4 Å². The zero-order valence-electron chi connectivity index (χ0n) is 12.1. The predicted octanol–water partition coefficient (Wildman–Crippen LogP) is 4.34. The summed E-state index contributed by atoms with van der Waals surface area (Å²) in [5, 5.41) is 2.17. The van der Waals surface area contributed by atoms with Crippen molar-refractivity contribution in [3.05, 3.63) is 53.8 Å². The third-order valence-electron chi connectivity index (χ3n) is 3.35. The van der Waals surface area contributed by atoms with Gasteiger partial charge in [-0.2, -0.15) is 13.2 Å². The van der Waals surface area contributed by atoms with E-state index in [0.717, 1.165) is 4.90 Å². The molecule has 126 valence electrons. The molecule has 0 saturated carbocycles. The number of rotatable bonds is 2. The molecule has 1 heterocycles. The Hall–Kier alpha value is -2.22. The van der Waals surface area contributed by atoms with E-state index in [4.69, 9.17) is 4.74 Å². The molecule has 1 amide bonds. The second-order valence-electron chi connectivity index (χ2n) is 5.05. The number of para-hydroxylation sites is 1. The molecule has 0 bridgehead atoms. The van der Waals surface area contributed by atoms with Gasteiger partial charge >= 0.3 is 6.18 Å². The Morgan fingerprint density at radius 2 is 1.96 bits per heavy atom. The SMILES string of the molecule is O=C(Nc1cc(C(F)(F)F)ccc1F)C1CSc2ccccc2O1. The Morgan fingerprint density at radius 3 is 2.71 bits per heavy atom. The van der Waals surface area contributed by atoms with Gasteiger partial charge in [0.1, 0.15) is 11.6 Å². The second-order valence-corrected chi connectivity index (χ2v) is 6.11. The number of thioether (sulfide) groups is 1. The summed E-state index contributed by atoms with van der Waals surface area (Å²) in [6.07, 6.45) is -5.54. The van der Waals surface area contributed by atoms with Crippen LogP contribution >= 0.6 is 11.8 Å². The van der Waals surface area contributed by atoms with Gasteiger partial charge in [0.2, 0.25) is 0 Å². The summed E-state index contributed by atoms with van der Waals surface area (Å²) >= 11 is 1.39. The maximum absolute atomic E-state index is 13.7. The smallest absolute Gasteiger partial charge is 0.416 e. The fraction of sp³-hybridized carbons (Fsp3) is 0.188. The summed E-state index contributed by atoms with van der Waals surface area (Å²) in [5.74, 6) is -0.850. The maximum atomic E-state index is 13.7. The Balaban J connectivity index is 1.76. The van der Waals surface area contributed by atoms with Gasteiger partial charge in [0.25, 0.3) is 5.91 Å². The molecule has 0 fully saturated rings. The van der Waals surface area contributed by atoms with Crippen LogP contribution < -0.4 is 10.1 Å². The van der Waals surface area contributed by atoms with E-state index in [2.05, 4.69) is 5.32 Å². The quantitative estimate of drug-likeness (QED) is 0.813. The molecule has 1 aliphatic heterocycles. The number of carbonyl (C=O) groups excluding carboxylic acids is 1. The number of ether oxygens (including phenoxy) is 1. The van der Waals surface area contributed by atoms with Crippen molar-refractivity contribution in [3.63, 3.8) is 0 Å². The lowest BCUT2D eigenvalue weighted by molar-refractivity contribution is -0.137. The van der Waals surface area contributed by atoms with E-state index >= 15 is 0 Å². The average Bonchev–Trinajstić information content (AvgIpc) is 2.55. The minimum absolute atomic E-state index is 0.281. The van der Waals surface area contributed by atoms with Crippen molar-refractivity contribution in [2.45, 2.75) is 17.2 Å². The highest BCUT2D eigenvalue weighted by molar-refractivity contribution is 7.99. The lowest BCUT2D eigenvalue weighted by Gasteiger charge is -2.24. The highest BCUT2D eigenvalue weighted by atomic mass is 32.2. The highest BCUT2D eigenvalue weighted by Gasteiger charge is 2.32. The maximum Gasteiger partial charge on any atom is 0.416 e. The highest BCUT2D eigenvalue weighted by Crippen LogP contribution is 2.36. The summed E-state index contributed by atoms with van der Waals surface area (Å²) < 4.78 is 57.3. The minimum atomic E-state index is -4.62. The molecule has 24 heavy (non-hydrogen) atoms. The molecule has 0 aromatic heterocycles. The largest absolute Gasteiger partial charge is 0.479 e. The van der Waals surface area contributed by atoms with Crippen LogP contribution in [0.15, 0.2) is 47.4 Å². The van der Waals surface area contributed by atoms with E-state index in [1.54, 1.807) is 12.1 Å². The van der Waals surface area contributed by atoms with Gasteiger partial charge in [-0.1, -0.05) is 12.1 Å². The fourth-order valence-corrected chi connectivity index (χ4v) is 3.14. The predicted molar refractivity (Wildman–Crippen MR) is 81.6 cm³/mol. The molecule has 2 aromatic carbocycles. The van der Waals surface area contributed by atoms with Crippen LogP contribution in [0.5, 0.6) is 5.75 Å². The number of benzene rings is 2. The van der Waals surface area contributed by atoms with E-state index in [1.807, 2.05) is 12.1 Å². The van der Waals surface area contributed by atoms with Gasteiger partial charge in [0.05, 0.1) is 11.3 Å². The summed E-state index contributed by atoms with van der Waals surface area (Å²) in [7, 11) is 0. The van der Waals surface area contributed by atoms with Crippen molar-refractivity contribution in [1.82, 2.24) is 0 Å². The Labute approximate surface area is 139 Å². The van der Waals surface area contributed by atoms with Gasteiger partial charge in [0.15, 0.2) is 6.10 Å². The Morgan fingerprint density at radius 1 is 1.21 bits per heavy atom. The van der Waals surface area contributed by atoms with Gasteiger partial charge in [-0.05, 0) is 30.3 Å². The third kappa shape index (κ3) is 3.48. The summed E-state index contributed by atoms with van der Waals surface area (Å²) in [6, 6.07) is 8.95. The van der Waals surface area contributed by atoms with Crippen LogP contribution in [0.3, 0.4) is 0 Å². The van der Waals surface area contributed by atoms with E-state index in [-0.39, 0.29) is 5.75 Å². The van der Waals surface area contributed by atoms with Crippen LogP contribution in [0.25, 0.3) is 0 Å². The van der Waals surface area contributed by atoms with Crippen LogP contribution in [-0.2, 0) is 11.0 Å². The third-order valence-corrected chi connectivity index (χ3v) is 4.47. The van der Waals surface area contributed by atoms with E-state index in [0.29, 0.717) is 23.9 Å². The van der Waals surface area contributed by atoms with Gasteiger partial charge in [-0.15, -0.1) is 11.8 Å². The molecule has 3 rings (SSSR count). The first-order chi connectivity index (χ1) is 11.3. The topological polar surface area (TPSA) is 38.3 Å². The molecule has 0 spiro atoms. The number of anilines is 1. The Bertz CT molecular complexity index is 779. The van der Waals surface area contributed by atoms with Crippen molar-refractivity contribution in [3.8, 4) is 5.75 Å². The molecule has 2 aromatic rings. The van der Waals surface area contributed by atoms with Crippen LogP contribution in [0.4, 0.5) is 23.2 Å². The summed E-state index contributed by atoms with van der Waals surface area (Å²) in [4.78, 5) is 13.1. The fourth-order valence-electron chi connectivity index (χ4n) is 2.16. The molecule has 1 aliphatic rings. The normalized spacial score (nSPS) is 16.9. The number of carbonyl (C=O) groups is 1. The van der Waals surface area contributed by atoms with Gasteiger partial charge in [-0.3, -0.25) is 4.79 Å². The van der Waals surface area contributed by atoms with E-state index in [1.165, 1.54) is 11.8 Å². The number of hydrogen-bond donors (Lipinski definition) is 1. The average molecular weight is 357 g/mol. The lowest BCUT2D eigenvalue weighted by atomic mass is 10.2. The van der Waals surface area contributed by atoms with Crippen molar-refractivity contribution in [2.24, 2.45) is 0 Å². The molecule has 3 nitrogen and oxygen atoms in total. The molecular formula is C16H11F4NO2S. The molecular weight excluding hydrogens is 346 g/mol. The molecule has 8 heteroatoms. The summed E-state index contributed by atoms with van der Waals surface area (Å²) in [5.41, 5.74) is -1.56. The number of hydrogen-bond acceptors (Lipinski definition) is 3. The standard InChI is InChI=1S/C16H11F4NO2S/c17-10-6-5-9(16(18,19)20)7-11(10)21-15(22)13-8-24-14-4-2-1-3-12(14)23-13/h1-7,13H,8H2,(H,21,22). The van der Waals surface area contributed by atoms with Crippen molar-refractivity contribution < 1.29 is 27.1 Å². The second kappa shape index (κ2) is 6.35. The molecule has 1 N–H and O–H groups in total. The first-order valence-corrected chi connectivity index (χ1v) is 7.89. The number of nitrogens with one attached hydrogen (secondary N) is 1. The number of fused-ring (bicyclic) bond motifs is 1. The zero-order valence-corrected chi connectivity index (χ0v) is 12.9. The van der Waals surface area contributed by atoms with E-state index < -0.39 is 35.3 Å². The van der Waals surface area contributed by atoms with Crippen molar-refractivity contribution in [2.75, 3.05) is 11.1 Å². The van der Waals surface area contributed by atoms with Gasteiger partial charge < -0.3 is 10.1 Å². The lowest BCUT2D eigenvalue weighted by Crippen LogP contribution is -2.37. The Kier molecular flexibility index (Phi) is 4.40. The van der Waals surface area contributed by atoms with Crippen LogP contribution in [0, 0.1) is 5.82 Å². The molecule has 1 atom stereocenters. The monoisotopic (exact) mass is 357 g/mol. The molecule has 0 radical (unpaired) electrons. The van der Waals surface area contributed by atoms with Gasteiger partial charge in [-0.25, -0.2) is 4.39 Å². The molecule has 0 saturated heterocycles. The molecule has 0 aliphatic carbocycles. The zero-order chi connectivity index (χ0) is 17.3. The number of halogens is 4.